The van der Waals surface area contributed by atoms with Crippen LogP contribution < -0.4 is 4.74 Å². The number of phenols is 1. The number of aromatic hydroxyl groups is 1. The van der Waals surface area contributed by atoms with Crippen molar-refractivity contribution >= 4 is 0 Å². The molecule has 0 amide bonds. The Kier molecular flexibility index (Phi) is 2.92. The summed E-state index contributed by atoms with van der Waals surface area (Å²) in [7, 11) is 3.36. The second-order valence-corrected chi connectivity index (χ2v) is 7.33. The second-order valence-electron chi connectivity index (χ2n) is 7.33. The summed E-state index contributed by atoms with van der Waals surface area (Å²) in [5.74, 6) is 0.754. The third kappa shape index (κ3) is 1.60. The third-order valence-corrected chi connectivity index (χ3v) is 6.41. The summed E-state index contributed by atoms with van der Waals surface area (Å²) >= 11 is 0. The Morgan fingerprint density at radius 1 is 1.33 bits per heavy atom. The fourth-order valence-electron chi connectivity index (χ4n) is 5.28. The summed E-state index contributed by atoms with van der Waals surface area (Å²) < 4.78 is 17.2. The third-order valence-electron chi connectivity index (χ3n) is 6.41. The molecule has 3 aliphatic heterocycles. The highest BCUT2D eigenvalue weighted by atomic mass is 16.6. The molecule has 0 radical (unpaired) electrons. The van der Waals surface area contributed by atoms with E-state index in [0.29, 0.717) is 5.75 Å². The highest BCUT2D eigenvalue weighted by Crippen LogP contribution is 2.65. The molecule has 128 valence electrons. The lowest BCUT2D eigenvalue weighted by Gasteiger charge is -2.47. The summed E-state index contributed by atoms with van der Waals surface area (Å²) in [4.78, 5) is 2.56. The van der Waals surface area contributed by atoms with Crippen LogP contribution >= 0.6 is 0 Å². The van der Waals surface area contributed by atoms with E-state index in [4.69, 9.17) is 14.2 Å². The first-order valence-corrected chi connectivity index (χ1v) is 8.70. The van der Waals surface area contributed by atoms with Crippen LogP contribution in [-0.2, 0) is 21.4 Å². The number of aryl methyl sites for hydroxylation is 1. The monoisotopic (exact) mass is 329 g/mol. The molecule has 5 rings (SSSR count). The maximum Gasteiger partial charge on any atom is 0.160 e. The maximum absolute atomic E-state index is 10.5. The smallest absolute Gasteiger partial charge is 0.160 e. The molecule has 2 saturated heterocycles. The van der Waals surface area contributed by atoms with Gasteiger partial charge in [-0.2, -0.15) is 0 Å². The number of fused-ring (bicyclic) bond motifs is 1. The van der Waals surface area contributed by atoms with Gasteiger partial charge < -0.3 is 19.3 Å². The molecule has 5 heteroatoms. The highest BCUT2D eigenvalue weighted by Gasteiger charge is 2.77. The Balaban J connectivity index is 1.75. The van der Waals surface area contributed by atoms with Crippen LogP contribution in [-0.4, -0.2) is 55.1 Å². The Labute approximate surface area is 141 Å². The Bertz CT molecular complexity index is 732. The molecule has 0 aromatic heterocycles. The lowest BCUT2D eigenvalue weighted by atomic mass is 9.69. The molecule has 1 aromatic rings. The Hall–Kier alpha value is -1.56. The van der Waals surface area contributed by atoms with E-state index in [9.17, 15) is 5.11 Å². The van der Waals surface area contributed by atoms with E-state index in [0.717, 1.165) is 32.4 Å². The Morgan fingerprint density at radius 2 is 2.21 bits per heavy atom. The van der Waals surface area contributed by atoms with Gasteiger partial charge in [-0.05, 0) is 48.7 Å². The second kappa shape index (κ2) is 4.75. The van der Waals surface area contributed by atoms with Crippen molar-refractivity contribution in [2.75, 3.05) is 27.3 Å². The van der Waals surface area contributed by atoms with Gasteiger partial charge in [0.2, 0.25) is 0 Å². The standard InChI is InChI=1S/C19H23NO4/c1-22-13-5-6-19-17(24-19)11-20-7-3-4-12-8-16(23-2)15(21)9-14(12)18(19,20)10-13/h5-6,8-9,13,17,21H,3-4,7,10-11H2,1-2H3. The largest absolute Gasteiger partial charge is 0.504 e. The number of methoxy groups -OCH3 is 2. The summed E-state index contributed by atoms with van der Waals surface area (Å²) in [6.07, 6.45) is 7.63. The van der Waals surface area contributed by atoms with E-state index in [-0.39, 0.29) is 29.1 Å². The lowest BCUT2D eigenvalue weighted by Crippen LogP contribution is -2.54. The quantitative estimate of drug-likeness (QED) is 0.664. The van der Waals surface area contributed by atoms with Crippen LogP contribution in [0.4, 0.5) is 0 Å². The highest BCUT2D eigenvalue weighted by molar-refractivity contribution is 5.55. The average molecular weight is 329 g/mol. The van der Waals surface area contributed by atoms with Gasteiger partial charge in [-0.3, -0.25) is 4.90 Å². The van der Waals surface area contributed by atoms with E-state index in [1.54, 1.807) is 14.2 Å². The molecule has 24 heavy (non-hydrogen) atoms. The minimum Gasteiger partial charge on any atom is -0.504 e. The van der Waals surface area contributed by atoms with Crippen LogP contribution in [0, 0.1) is 0 Å². The number of morpholine rings is 1. The van der Waals surface area contributed by atoms with Gasteiger partial charge >= 0.3 is 0 Å². The summed E-state index contributed by atoms with van der Waals surface area (Å²) in [6, 6.07) is 3.91. The summed E-state index contributed by atoms with van der Waals surface area (Å²) in [5, 5.41) is 10.5. The molecule has 4 atom stereocenters. The first-order valence-electron chi connectivity index (χ1n) is 8.70. The fourth-order valence-corrected chi connectivity index (χ4v) is 5.28. The molecule has 0 saturated carbocycles. The predicted octanol–water partition coefficient (Wildman–Crippen LogP) is 1.97. The van der Waals surface area contributed by atoms with Crippen molar-refractivity contribution in [1.29, 1.82) is 0 Å². The maximum atomic E-state index is 10.5. The predicted molar refractivity (Wildman–Crippen MR) is 88.4 cm³/mol. The van der Waals surface area contributed by atoms with E-state index >= 15 is 0 Å². The zero-order chi connectivity index (χ0) is 16.5. The molecule has 4 unspecified atom stereocenters. The first-order chi connectivity index (χ1) is 11.6. The van der Waals surface area contributed by atoms with Crippen LogP contribution in [0.5, 0.6) is 11.5 Å². The molecular formula is C19H23NO4. The molecule has 1 N–H and O–H groups in total. The average Bonchev–Trinajstić information content (AvgIpc) is 3.25. The van der Waals surface area contributed by atoms with Crippen molar-refractivity contribution in [2.24, 2.45) is 0 Å². The lowest BCUT2D eigenvalue weighted by molar-refractivity contribution is -0.0222. The number of phenolic OH excluding ortho intramolecular Hbond substituents is 1. The van der Waals surface area contributed by atoms with Crippen LogP contribution in [0.1, 0.15) is 24.0 Å². The zero-order valence-electron chi connectivity index (χ0n) is 14.1. The minimum atomic E-state index is -0.262. The van der Waals surface area contributed by atoms with Gasteiger partial charge in [0.15, 0.2) is 11.5 Å². The molecule has 1 aliphatic carbocycles. The zero-order valence-corrected chi connectivity index (χ0v) is 14.1. The summed E-state index contributed by atoms with van der Waals surface area (Å²) in [6.45, 7) is 2.00. The number of rotatable bonds is 2. The number of nitrogens with zero attached hydrogens (tertiary/aromatic N) is 1. The van der Waals surface area contributed by atoms with Gasteiger partial charge in [-0.15, -0.1) is 0 Å². The topological polar surface area (TPSA) is 54.5 Å². The van der Waals surface area contributed by atoms with Gasteiger partial charge in [-0.1, -0.05) is 6.08 Å². The molecular weight excluding hydrogens is 306 g/mol. The van der Waals surface area contributed by atoms with Crippen molar-refractivity contribution in [3.05, 3.63) is 35.4 Å². The number of benzene rings is 1. The minimum absolute atomic E-state index is 0.0660. The van der Waals surface area contributed by atoms with Crippen molar-refractivity contribution < 1.29 is 19.3 Å². The molecule has 4 aliphatic rings. The SMILES string of the molecule is COc1cc2c(cc1O)C13CC(OC)C=CC14OC4CN3CCC2. The van der Waals surface area contributed by atoms with Crippen LogP contribution in [0.15, 0.2) is 24.3 Å². The molecule has 1 aromatic carbocycles. The van der Waals surface area contributed by atoms with Crippen LogP contribution in [0.3, 0.4) is 0 Å². The molecule has 5 nitrogen and oxygen atoms in total. The normalized spacial score (nSPS) is 39.4. The van der Waals surface area contributed by atoms with E-state index in [1.165, 1.54) is 11.1 Å². The van der Waals surface area contributed by atoms with Gasteiger partial charge in [0.05, 0.1) is 18.8 Å². The number of hydrogen-bond acceptors (Lipinski definition) is 5. The van der Waals surface area contributed by atoms with E-state index < -0.39 is 0 Å². The number of ether oxygens (including phenoxy) is 3. The number of hydrogen-bond donors (Lipinski definition) is 1. The van der Waals surface area contributed by atoms with Gasteiger partial charge in [0, 0.05) is 20.1 Å². The molecule has 2 spiro atoms. The van der Waals surface area contributed by atoms with Crippen molar-refractivity contribution in [3.8, 4) is 11.5 Å². The fraction of sp³-hybridized carbons (Fsp3) is 0.579. The van der Waals surface area contributed by atoms with E-state index in [1.807, 2.05) is 12.1 Å². The Morgan fingerprint density at radius 3 is 3.00 bits per heavy atom. The van der Waals surface area contributed by atoms with Gasteiger partial charge in [0.1, 0.15) is 11.7 Å². The molecule has 2 fully saturated rings. The summed E-state index contributed by atoms with van der Waals surface area (Å²) in [5.41, 5.74) is 1.93. The first kappa shape index (κ1) is 14.8. The van der Waals surface area contributed by atoms with Gasteiger partial charge in [-0.25, -0.2) is 0 Å². The molecule has 3 heterocycles. The van der Waals surface area contributed by atoms with E-state index in [2.05, 4.69) is 17.1 Å². The van der Waals surface area contributed by atoms with Crippen molar-refractivity contribution in [1.82, 2.24) is 4.90 Å². The van der Waals surface area contributed by atoms with Crippen LogP contribution in [0.2, 0.25) is 0 Å². The number of epoxide rings is 1. The van der Waals surface area contributed by atoms with Crippen molar-refractivity contribution in [2.45, 2.75) is 42.6 Å². The van der Waals surface area contributed by atoms with Gasteiger partial charge in [0.25, 0.3) is 0 Å². The van der Waals surface area contributed by atoms with Crippen molar-refractivity contribution in [3.63, 3.8) is 0 Å². The van der Waals surface area contributed by atoms with Crippen LogP contribution in [0.25, 0.3) is 0 Å². The molecule has 0 bridgehead atoms.